The molecule has 0 radical (unpaired) electrons. The van der Waals surface area contributed by atoms with Crippen LogP contribution in [0.1, 0.15) is 6.92 Å². The third kappa shape index (κ3) is 3.87. The molecule has 0 saturated carbocycles. The van der Waals surface area contributed by atoms with E-state index in [4.69, 9.17) is 0 Å². The SMILES string of the molecule is CC(F)(OC(F)(F)F)C(=O)F. The minimum absolute atomic E-state index is 0.0306. The molecule has 66 valence electrons. The molecule has 0 fully saturated rings. The molecule has 0 aliphatic heterocycles. The minimum atomic E-state index is -5.37. The van der Waals surface area contributed by atoms with Crippen molar-refractivity contribution in [3.63, 3.8) is 0 Å². The summed E-state index contributed by atoms with van der Waals surface area (Å²) in [7, 11) is 0. The van der Waals surface area contributed by atoms with Crippen molar-refractivity contribution < 1.29 is 31.5 Å². The fourth-order valence-electron chi connectivity index (χ4n) is 0.257. The van der Waals surface area contributed by atoms with E-state index >= 15 is 0 Å². The van der Waals surface area contributed by atoms with Crippen LogP contribution < -0.4 is 0 Å². The number of carbonyl (C=O) groups excluding carboxylic acids is 1. The zero-order chi connectivity index (χ0) is 9.28. The van der Waals surface area contributed by atoms with E-state index in [1.807, 2.05) is 0 Å². The van der Waals surface area contributed by atoms with Crippen molar-refractivity contribution >= 4 is 6.04 Å². The van der Waals surface area contributed by atoms with Crippen LogP contribution in [0.15, 0.2) is 0 Å². The molecule has 0 aromatic rings. The Balaban J connectivity index is 4.25. The molecule has 0 aromatic heterocycles. The number of carbonyl (C=O) groups is 1. The molecule has 0 N–H and O–H groups in total. The molecule has 0 spiro atoms. The van der Waals surface area contributed by atoms with E-state index in [-0.39, 0.29) is 6.92 Å². The van der Waals surface area contributed by atoms with E-state index < -0.39 is 18.3 Å². The van der Waals surface area contributed by atoms with Crippen LogP contribution >= 0.6 is 0 Å². The summed E-state index contributed by atoms with van der Waals surface area (Å²) in [5.74, 6) is -3.95. The number of rotatable bonds is 2. The summed E-state index contributed by atoms with van der Waals surface area (Å²) in [6.45, 7) is 0.0306. The van der Waals surface area contributed by atoms with Gasteiger partial charge in [-0.3, -0.25) is 4.79 Å². The molecule has 11 heavy (non-hydrogen) atoms. The van der Waals surface area contributed by atoms with Gasteiger partial charge in [0.2, 0.25) is 0 Å². The van der Waals surface area contributed by atoms with Crippen molar-refractivity contribution in [2.45, 2.75) is 19.1 Å². The first kappa shape index (κ1) is 10.3. The van der Waals surface area contributed by atoms with Crippen molar-refractivity contribution in [1.82, 2.24) is 0 Å². The van der Waals surface area contributed by atoms with Crippen LogP contribution in [0, 0.1) is 0 Å². The Bertz CT molecular complexity index is 160. The number of hydrogen-bond donors (Lipinski definition) is 0. The van der Waals surface area contributed by atoms with Crippen LogP contribution in [-0.4, -0.2) is 18.3 Å². The molecule has 0 bridgehead atoms. The van der Waals surface area contributed by atoms with Crippen molar-refractivity contribution in [3.05, 3.63) is 0 Å². The van der Waals surface area contributed by atoms with Crippen LogP contribution in [0.4, 0.5) is 22.0 Å². The second-order valence-corrected chi connectivity index (χ2v) is 1.74. The van der Waals surface area contributed by atoms with Gasteiger partial charge in [0, 0.05) is 6.92 Å². The normalized spacial score (nSPS) is 17.6. The van der Waals surface area contributed by atoms with Gasteiger partial charge in [-0.15, -0.1) is 13.2 Å². The summed E-state index contributed by atoms with van der Waals surface area (Å²) in [5, 5.41) is 0. The standard InChI is InChI=1S/C4H3F5O2/c1-3(6,2(5)10)11-4(7,8)9/h1H3. The summed E-state index contributed by atoms with van der Waals surface area (Å²) in [5.41, 5.74) is 0. The maximum Gasteiger partial charge on any atom is 0.525 e. The molecule has 7 heteroatoms. The highest BCUT2D eigenvalue weighted by Gasteiger charge is 2.46. The fourth-order valence-corrected chi connectivity index (χ4v) is 0.257. The summed E-state index contributed by atoms with van der Waals surface area (Å²) in [4.78, 5) is 9.48. The highest BCUT2D eigenvalue weighted by atomic mass is 19.4. The fraction of sp³-hybridized carbons (Fsp3) is 0.750. The highest BCUT2D eigenvalue weighted by Crippen LogP contribution is 2.27. The zero-order valence-electron chi connectivity index (χ0n) is 5.21. The van der Waals surface area contributed by atoms with Crippen molar-refractivity contribution in [2.75, 3.05) is 0 Å². The highest BCUT2D eigenvalue weighted by molar-refractivity contribution is 5.75. The van der Waals surface area contributed by atoms with Crippen LogP contribution in [0.5, 0.6) is 0 Å². The number of halogens is 5. The lowest BCUT2D eigenvalue weighted by atomic mass is 10.4. The quantitative estimate of drug-likeness (QED) is 0.475. The largest absolute Gasteiger partial charge is 0.525 e. The van der Waals surface area contributed by atoms with E-state index in [0.29, 0.717) is 0 Å². The van der Waals surface area contributed by atoms with Gasteiger partial charge >= 0.3 is 18.3 Å². The lowest BCUT2D eigenvalue weighted by Gasteiger charge is -2.16. The first-order valence-electron chi connectivity index (χ1n) is 2.31. The molecule has 0 saturated heterocycles. The van der Waals surface area contributed by atoms with E-state index in [9.17, 15) is 26.7 Å². The van der Waals surface area contributed by atoms with E-state index in [0.717, 1.165) is 0 Å². The topological polar surface area (TPSA) is 26.3 Å². The van der Waals surface area contributed by atoms with Crippen LogP contribution in [0.3, 0.4) is 0 Å². The Hall–Kier alpha value is -0.720. The van der Waals surface area contributed by atoms with Gasteiger partial charge < -0.3 is 0 Å². The maximum absolute atomic E-state index is 12.0. The van der Waals surface area contributed by atoms with Crippen molar-refractivity contribution in [1.29, 1.82) is 0 Å². The Morgan fingerprint density at radius 2 is 1.64 bits per heavy atom. The Morgan fingerprint density at radius 1 is 1.27 bits per heavy atom. The smallest absolute Gasteiger partial charge is 0.254 e. The van der Waals surface area contributed by atoms with Gasteiger partial charge in [-0.05, 0) is 0 Å². The summed E-state index contributed by atoms with van der Waals surface area (Å²) < 4.78 is 59.3. The van der Waals surface area contributed by atoms with Gasteiger partial charge in [-0.2, -0.15) is 4.39 Å². The van der Waals surface area contributed by atoms with Crippen LogP contribution in [-0.2, 0) is 9.53 Å². The minimum Gasteiger partial charge on any atom is -0.254 e. The second-order valence-electron chi connectivity index (χ2n) is 1.74. The van der Waals surface area contributed by atoms with Crippen molar-refractivity contribution in [3.8, 4) is 0 Å². The van der Waals surface area contributed by atoms with Gasteiger partial charge in [-0.25, -0.2) is 9.13 Å². The van der Waals surface area contributed by atoms with Gasteiger partial charge in [-0.1, -0.05) is 0 Å². The average molecular weight is 178 g/mol. The lowest BCUT2D eigenvalue weighted by molar-refractivity contribution is -0.379. The van der Waals surface area contributed by atoms with Gasteiger partial charge in [0.1, 0.15) is 0 Å². The monoisotopic (exact) mass is 178 g/mol. The third-order valence-electron chi connectivity index (χ3n) is 0.658. The molecule has 1 unspecified atom stereocenters. The molecule has 0 heterocycles. The molecular formula is C4H3F5O2. The molecule has 0 aliphatic carbocycles. The first-order chi connectivity index (χ1) is 4.65. The molecule has 0 amide bonds. The predicted octanol–water partition coefficient (Wildman–Crippen LogP) is 1.70. The summed E-state index contributed by atoms with van der Waals surface area (Å²) >= 11 is 0. The van der Waals surface area contributed by atoms with Gasteiger partial charge in [0.15, 0.2) is 0 Å². The Morgan fingerprint density at radius 3 is 1.73 bits per heavy atom. The van der Waals surface area contributed by atoms with E-state index in [2.05, 4.69) is 4.74 Å². The average Bonchev–Trinajstić information content (AvgIpc) is 1.56. The molecule has 0 rings (SSSR count). The zero-order valence-corrected chi connectivity index (χ0v) is 5.21. The molecule has 0 aromatic carbocycles. The maximum atomic E-state index is 12.0. The van der Waals surface area contributed by atoms with Gasteiger partial charge in [0.05, 0.1) is 0 Å². The summed E-state index contributed by atoms with van der Waals surface area (Å²) in [6.07, 6.45) is -5.37. The molecule has 2 nitrogen and oxygen atoms in total. The second kappa shape index (κ2) is 2.72. The Labute approximate surface area is 57.9 Å². The van der Waals surface area contributed by atoms with Crippen LogP contribution in [0.2, 0.25) is 0 Å². The third-order valence-corrected chi connectivity index (χ3v) is 0.658. The molecular weight excluding hydrogens is 175 g/mol. The number of hydrogen-bond acceptors (Lipinski definition) is 2. The molecule has 1 atom stereocenters. The first-order valence-corrected chi connectivity index (χ1v) is 2.31. The van der Waals surface area contributed by atoms with Crippen molar-refractivity contribution in [2.24, 2.45) is 0 Å². The number of ether oxygens (including phenoxy) is 1. The summed E-state index contributed by atoms with van der Waals surface area (Å²) in [6, 6.07) is -2.82. The molecule has 0 aliphatic rings. The number of alkyl halides is 4. The van der Waals surface area contributed by atoms with E-state index in [1.165, 1.54) is 0 Å². The predicted molar refractivity (Wildman–Crippen MR) is 22.8 cm³/mol. The van der Waals surface area contributed by atoms with Crippen LogP contribution in [0.25, 0.3) is 0 Å². The van der Waals surface area contributed by atoms with E-state index in [1.54, 1.807) is 0 Å². The Kier molecular flexibility index (Phi) is 2.55. The van der Waals surface area contributed by atoms with Gasteiger partial charge in [0.25, 0.3) is 0 Å². The lowest BCUT2D eigenvalue weighted by Crippen LogP contribution is -2.36.